The van der Waals surface area contributed by atoms with Gasteiger partial charge in [0.2, 0.25) is 11.8 Å². The summed E-state index contributed by atoms with van der Waals surface area (Å²) >= 11 is 0. The third-order valence-electron chi connectivity index (χ3n) is 4.69. The second-order valence-corrected chi connectivity index (χ2v) is 6.10. The van der Waals surface area contributed by atoms with Gasteiger partial charge in [-0.25, -0.2) is 0 Å². The van der Waals surface area contributed by atoms with Gasteiger partial charge in [0.25, 0.3) is 0 Å². The van der Waals surface area contributed by atoms with E-state index in [0.717, 1.165) is 38.5 Å². The predicted octanol–water partition coefficient (Wildman–Crippen LogP) is 1.57. The van der Waals surface area contributed by atoms with E-state index in [9.17, 15) is 14.9 Å². The van der Waals surface area contributed by atoms with Gasteiger partial charge in [-0.3, -0.25) is 9.59 Å². The van der Waals surface area contributed by atoms with Crippen molar-refractivity contribution in [2.24, 2.45) is 17.1 Å². The maximum Gasteiger partial charge on any atom is 0.243 e. The molecule has 110 valence electrons. The highest BCUT2D eigenvalue weighted by atomic mass is 16.2. The Bertz CT molecular complexity index is 419. The zero-order valence-electron chi connectivity index (χ0n) is 11.9. The van der Waals surface area contributed by atoms with Crippen molar-refractivity contribution in [1.29, 1.82) is 5.26 Å². The van der Waals surface area contributed by atoms with Crippen LogP contribution >= 0.6 is 0 Å². The standard InChI is InChI=1S/C15H23N3O2/c16-11-15(7-3-1-2-4-8-15)14(20)18-9-5-6-12(10-18)13(17)19/h12H,1-10H2,(H2,17,19). The molecule has 1 atom stereocenters. The third-order valence-corrected chi connectivity index (χ3v) is 4.69. The predicted molar refractivity (Wildman–Crippen MR) is 74.2 cm³/mol. The number of nitrogens with two attached hydrogens (primary N) is 1. The van der Waals surface area contributed by atoms with Crippen molar-refractivity contribution < 1.29 is 9.59 Å². The Kier molecular flexibility index (Phi) is 4.64. The smallest absolute Gasteiger partial charge is 0.243 e. The molecule has 0 bridgehead atoms. The molecule has 1 saturated carbocycles. The van der Waals surface area contributed by atoms with Gasteiger partial charge in [0.1, 0.15) is 5.41 Å². The number of piperidine rings is 1. The topological polar surface area (TPSA) is 87.2 Å². The second kappa shape index (κ2) is 6.25. The molecule has 0 aromatic carbocycles. The summed E-state index contributed by atoms with van der Waals surface area (Å²) in [7, 11) is 0. The van der Waals surface area contributed by atoms with E-state index in [1.165, 1.54) is 0 Å². The molecule has 2 fully saturated rings. The van der Waals surface area contributed by atoms with E-state index < -0.39 is 5.41 Å². The average molecular weight is 277 g/mol. The zero-order chi connectivity index (χ0) is 14.6. The molecule has 5 nitrogen and oxygen atoms in total. The minimum absolute atomic E-state index is 0.0761. The minimum atomic E-state index is -0.865. The molecule has 1 heterocycles. The van der Waals surface area contributed by atoms with Crippen LogP contribution in [0.4, 0.5) is 0 Å². The lowest BCUT2D eigenvalue weighted by Gasteiger charge is -2.36. The summed E-state index contributed by atoms with van der Waals surface area (Å²) < 4.78 is 0. The maximum absolute atomic E-state index is 12.8. The number of hydrogen-bond acceptors (Lipinski definition) is 3. The van der Waals surface area contributed by atoms with E-state index in [1.807, 2.05) is 0 Å². The summed E-state index contributed by atoms with van der Waals surface area (Å²) in [5.74, 6) is -0.670. The van der Waals surface area contributed by atoms with Crippen LogP contribution in [0.15, 0.2) is 0 Å². The number of carbonyl (C=O) groups excluding carboxylic acids is 2. The highest BCUT2D eigenvalue weighted by molar-refractivity contribution is 5.86. The van der Waals surface area contributed by atoms with E-state index >= 15 is 0 Å². The average Bonchev–Trinajstić information content (AvgIpc) is 2.73. The number of likely N-dealkylation sites (tertiary alicyclic amines) is 1. The van der Waals surface area contributed by atoms with Crippen LogP contribution in [0.1, 0.15) is 51.4 Å². The Morgan fingerprint density at radius 1 is 1.15 bits per heavy atom. The van der Waals surface area contributed by atoms with Crippen LogP contribution in [0.2, 0.25) is 0 Å². The fourth-order valence-corrected chi connectivity index (χ4v) is 3.40. The van der Waals surface area contributed by atoms with Crippen molar-refractivity contribution in [2.45, 2.75) is 51.4 Å². The highest BCUT2D eigenvalue weighted by Crippen LogP contribution is 2.37. The Hall–Kier alpha value is -1.57. The quantitative estimate of drug-likeness (QED) is 0.777. The molecule has 20 heavy (non-hydrogen) atoms. The molecule has 5 heteroatoms. The first-order valence-electron chi connectivity index (χ1n) is 7.59. The molecule has 0 spiro atoms. The first-order valence-corrected chi connectivity index (χ1v) is 7.59. The second-order valence-electron chi connectivity index (χ2n) is 6.10. The van der Waals surface area contributed by atoms with E-state index in [1.54, 1.807) is 4.90 Å². The van der Waals surface area contributed by atoms with Gasteiger partial charge < -0.3 is 10.6 Å². The molecule has 1 unspecified atom stereocenters. The van der Waals surface area contributed by atoms with Crippen LogP contribution in [0, 0.1) is 22.7 Å². The largest absolute Gasteiger partial charge is 0.369 e. The Balaban J connectivity index is 2.11. The highest BCUT2D eigenvalue weighted by Gasteiger charge is 2.43. The Morgan fingerprint density at radius 2 is 1.80 bits per heavy atom. The van der Waals surface area contributed by atoms with Crippen molar-refractivity contribution in [1.82, 2.24) is 4.90 Å². The van der Waals surface area contributed by atoms with Gasteiger partial charge in [0, 0.05) is 13.1 Å². The summed E-state index contributed by atoms with van der Waals surface area (Å²) in [5, 5.41) is 9.55. The van der Waals surface area contributed by atoms with Crippen LogP contribution in [-0.2, 0) is 9.59 Å². The molecule has 1 saturated heterocycles. The minimum Gasteiger partial charge on any atom is -0.369 e. The van der Waals surface area contributed by atoms with Crippen molar-refractivity contribution >= 4 is 11.8 Å². The Labute approximate surface area is 120 Å². The number of hydrogen-bond donors (Lipinski definition) is 1. The fourth-order valence-electron chi connectivity index (χ4n) is 3.40. The van der Waals surface area contributed by atoms with Crippen LogP contribution in [0.3, 0.4) is 0 Å². The molecule has 2 rings (SSSR count). The summed E-state index contributed by atoms with van der Waals surface area (Å²) in [6.45, 7) is 1.03. The van der Waals surface area contributed by atoms with Gasteiger partial charge in [-0.15, -0.1) is 0 Å². The molecule has 2 aliphatic rings. The lowest BCUT2D eigenvalue weighted by Crippen LogP contribution is -2.49. The van der Waals surface area contributed by atoms with Crippen LogP contribution in [-0.4, -0.2) is 29.8 Å². The summed E-state index contributed by atoms with van der Waals surface area (Å²) in [6, 6.07) is 2.29. The molecule has 1 aliphatic carbocycles. The third kappa shape index (κ3) is 2.95. The lowest BCUT2D eigenvalue weighted by molar-refractivity contribution is -0.142. The van der Waals surface area contributed by atoms with Gasteiger partial charge in [-0.2, -0.15) is 5.26 Å². The van der Waals surface area contributed by atoms with Crippen LogP contribution in [0.5, 0.6) is 0 Å². The number of rotatable bonds is 2. The summed E-state index contributed by atoms with van der Waals surface area (Å²) in [5.41, 5.74) is 4.49. The molecule has 0 radical (unpaired) electrons. The zero-order valence-corrected chi connectivity index (χ0v) is 11.9. The van der Waals surface area contributed by atoms with Crippen molar-refractivity contribution in [3.63, 3.8) is 0 Å². The van der Waals surface area contributed by atoms with Crippen LogP contribution < -0.4 is 5.73 Å². The normalized spacial score (nSPS) is 26.4. The summed E-state index contributed by atoms with van der Waals surface area (Å²) in [4.78, 5) is 25.8. The van der Waals surface area contributed by atoms with Gasteiger partial charge >= 0.3 is 0 Å². The van der Waals surface area contributed by atoms with E-state index in [2.05, 4.69) is 6.07 Å². The molecule has 2 N–H and O–H groups in total. The Morgan fingerprint density at radius 3 is 2.35 bits per heavy atom. The first kappa shape index (κ1) is 14.8. The summed E-state index contributed by atoms with van der Waals surface area (Å²) in [6.07, 6.45) is 6.92. The van der Waals surface area contributed by atoms with Crippen LogP contribution in [0.25, 0.3) is 0 Å². The SMILES string of the molecule is N#CC1(C(=O)N2CCCC(C(N)=O)C2)CCCCCC1. The van der Waals surface area contributed by atoms with Gasteiger partial charge in [-0.1, -0.05) is 25.7 Å². The fraction of sp³-hybridized carbons (Fsp3) is 0.800. The number of carbonyl (C=O) groups is 2. The van der Waals surface area contributed by atoms with E-state index in [4.69, 9.17) is 5.73 Å². The molecular formula is C15H23N3O2. The van der Waals surface area contributed by atoms with Crippen molar-refractivity contribution in [3.05, 3.63) is 0 Å². The van der Waals surface area contributed by atoms with E-state index in [-0.39, 0.29) is 17.7 Å². The number of nitriles is 1. The van der Waals surface area contributed by atoms with Gasteiger partial charge in [-0.05, 0) is 25.7 Å². The maximum atomic E-state index is 12.8. The van der Waals surface area contributed by atoms with E-state index in [0.29, 0.717) is 25.9 Å². The molecule has 2 amide bonds. The van der Waals surface area contributed by atoms with Crippen molar-refractivity contribution in [2.75, 3.05) is 13.1 Å². The molecule has 1 aliphatic heterocycles. The lowest BCUT2D eigenvalue weighted by atomic mass is 9.79. The number of amides is 2. The van der Waals surface area contributed by atoms with Gasteiger partial charge in [0.05, 0.1) is 12.0 Å². The molecule has 0 aromatic heterocycles. The first-order chi connectivity index (χ1) is 9.59. The number of primary amides is 1. The molecule has 0 aromatic rings. The monoisotopic (exact) mass is 277 g/mol. The number of nitrogens with zero attached hydrogens (tertiary/aromatic N) is 2. The molecular weight excluding hydrogens is 254 g/mol. The van der Waals surface area contributed by atoms with Gasteiger partial charge in [0.15, 0.2) is 0 Å². The van der Waals surface area contributed by atoms with Crippen molar-refractivity contribution in [3.8, 4) is 6.07 Å².